The highest BCUT2D eigenvalue weighted by molar-refractivity contribution is 7.80. The van der Waals surface area contributed by atoms with Crippen LogP contribution in [0.25, 0.3) is 0 Å². The third-order valence-corrected chi connectivity index (χ3v) is 7.33. The van der Waals surface area contributed by atoms with E-state index in [1.165, 1.54) is 19.2 Å². The van der Waals surface area contributed by atoms with Crippen LogP contribution in [0.4, 0.5) is 5.13 Å². The van der Waals surface area contributed by atoms with Crippen LogP contribution in [-0.2, 0) is 33.9 Å². The highest BCUT2D eigenvalue weighted by Gasteiger charge is 2.58. The van der Waals surface area contributed by atoms with Gasteiger partial charge < -0.3 is 36.4 Å². The molecule has 1 aromatic carbocycles. The molecule has 0 unspecified atom stereocenters. The number of nitrogens with one attached hydrogen (secondary N) is 4. The number of aliphatic carboxylic acids is 1. The third kappa shape index (κ3) is 7.53. The van der Waals surface area contributed by atoms with E-state index in [9.17, 15) is 27.9 Å². The van der Waals surface area contributed by atoms with Crippen LogP contribution in [0.5, 0.6) is 5.75 Å². The summed E-state index contributed by atoms with van der Waals surface area (Å²) in [6, 6.07) is 5.22. The lowest BCUT2D eigenvalue weighted by Crippen LogP contribution is -2.76. The van der Waals surface area contributed by atoms with E-state index in [4.69, 9.17) is 25.3 Å². The van der Waals surface area contributed by atoms with Crippen molar-refractivity contribution in [1.82, 2.24) is 26.0 Å². The Balaban J connectivity index is 1.43. The third-order valence-electron chi connectivity index (χ3n) is 6.32. The zero-order valence-corrected chi connectivity index (χ0v) is 24.3. The molecular formula is C23H28N8O10S2. The molecule has 1 aromatic heterocycles. The van der Waals surface area contributed by atoms with Crippen molar-refractivity contribution in [3.05, 3.63) is 40.9 Å². The highest BCUT2D eigenvalue weighted by atomic mass is 32.3. The molecule has 20 heteroatoms. The molecule has 3 heterocycles. The number of hydrogen-bond acceptors (Lipinski definition) is 14. The van der Waals surface area contributed by atoms with Crippen molar-refractivity contribution in [1.29, 1.82) is 5.41 Å². The number of aromatic nitrogens is 1. The van der Waals surface area contributed by atoms with E-state index in [1.807, 2.05) is 0 Å². The van der Waals surface area contributed by atoms with Crippen molar-refractivity contribution in [2.45, 2.75) is 37.6 Å². The van der Waals surface area contributed by atoms with E-state index in [2.05, 4.69) is 30.4 Å². The maximum Gasteiger partial charge on any atom is 0.418 e. The molecule has 0 bridgehead atoms. The Morgan fingerprint density at radius 1 is 1.30 bits per heavy atom. The maximum atomic E-state index is 13.1. The number of nitrogen functional groups attached to an aromatic ring is 1. The van der Waals surface area contributed by atoms with Crippen LogP contribution in [0, 0.1) is 5.41 Å². The monoisotopic (exact) mass is 640 g/mol. The van der Waals surface area contributed by atoms with Gasteiger partial charge in [-0.1, -0.05) is 5.16 Å². The van der Waals surface area contributed by atoms with Crippen molar-refractivity contribution < 1.29 is 46.3 Å². The van der Waals surface area contributed by atoms with E-state index < -0.39 is 58.2 Å². The highest BCUT2D eigenvalue weighted by Crippen LogP contribution is 2.33. The van der Waals surface area contributed by atoms with E-state index in [0.29, 0.717) is 10.6 Å². The molecular weight excluding hydrogens is 612 g/mol. The van der Waals surface area contributed by atoms with Gasteiger partial charge in [-0.25, -0.2) is 9.78 Å². The number of carboxylic acids is 1. The summed E-state index contributed by atoms with van der Waals surface area (Å²) in [5.41, 5.74) is 4.22. The number of nitrogens with two attached hydrogens (primary N) is 1. The van der Waals surface area contributed by atoms with Crippen LogP contribution in [0.1, 0.15) is 25.1 Å². The predicted octanol–water partition coefficient (Wildman–Crippen LogP) is -1.30. The van der Waals surface area contributed by atoms with Crippen molar-refractivity contribution in [3.8, 4) is 5.75 Å². The van der Waals surface area contributed by atoms with Gasteiger partial charge in [-0.2, -0.15) is 13.5 Å². The van der Waals surface area contributed by atoms with E-state index in [-0.39, 0.29) is 28.5 Å². The lowest BCUT2D eigenvalue weighted by Gasteiger charge is -2.50. The molecule has 2 amide bonds. The molecule has 0 aliphatic carbocycles. The van der Waals surface area contributed by atoms with Crippen LogP contribution < -0.4 is 26.4 Å². The first kappa shape index (κ1) is 31.6. The van der Waals surface area contributed by atoms with Crippen LogP contribution in [0.2, 0.25) is 0 Å². The molecule has 2 atom stereocenters. The Bertz CT molecular complexity index is 1540. The summed E-state index contributed by atoms with van der Waals surface area (Å²) in [7, 11) is -5.01. The summed E-state index contributed by atoms with van der Waals surface area (Å²) >= 11 is 0.952. The summed E-state index contributed by atoms with van der Waals surface area (Å²) in [6.45, 7) is 3.72. The minimum Gasteiger partial charge on any atom is -0.489 e. The number of hydroxylamine groups is 2. The number of carbonyl (C=O) groups excluding carboxylic acids is 2. The quantitative estimate of drug-likeness (QED) is 0.0441. The number of hydrogen-bond donors (Lipinski definition) is 7. The number of ether oxygens (including phenoxy) is 1. The van der Waals surface area contributed by atoms with Gasteiger partial charge in [-0.05, 0) is 38.1 Å². The van der Waals surface area contributed by atoms with Gasteiger partial charge in [0.2, 0.25) is 0 Å². The molecule has 0 spiro atoms. The second-order valence-corrected chi connectivity index (χ2v) is 11.7. The molecule has 0 radical (unpaired) electrons. The minimum atomic E-state index is -5.01. The maximum absolute atomic E-state index is 13.1. The Hall–Kier alpha value is -4.37. The standard InChI is InChI=1S/C23H28N8O10S2/c1-23(2)17(20(33)31(23)41-43(36,37)38)29-19(32)16(14-10-42-22(25)28-14)30-40-15(21(34)35)9-39-13-5-3-11(4-6-13)18(24)27-12-7-26-8-12/h3-6,10,12,15,17,26H,7-9H2,1-2H3,(H2,24,27)(H2,25,28)(H,29,32)(H,34,35)(H,36,37,38)/b30-16-/t15-,17+/m0/s1. The summed E-state index contributed by atoms with van der Waals surface area (Å²) in [6.07, 6.45) is -1.69. The molecule has 18 nitrogen and oxygen atoms in total. The smallest absolute Gasteiger partial charge is 0.418 e. The average Bonchev–Trinajstić information content (AvgIpc) is 3.34. The number of carboxylic acid groups (broad SMARTS) is 1. The van der Waals surface area contributed by atoms with Gasteiger partial charge in [0.25, 0.3) is 17.9 Å². The average molecular weight is 641 g/mol. The number of amides is 2. The number of thiazole rings is 1. The largest absolute Gasteiger partial charge is 0.489 e. The normalized spacial score (nSPS) is 19.0. The van der Waals surface area contributed by atoms with Crippen LogP contribution in [-0.4, -0.2) is 101 Å². The SMILES string of the molecule is CC1(C)[C@H](NC(=O)/C(=N\O[C@@H](COc2ccc(C(=N)NC3CNC3)cc2)C(=O)O)c2csc(N)n2)C(=O)N1OS(=O)(=O)O. The fourth-order valence-corrected chi connectivity index (χ4v) is 4.85. The number of benzene rings is 1. The fraction of sp³-hybridized carbons (Fsp3) is 0.391. The Morgan fingerprint density at radius 3 is 2.49 bits per heavy atom. The van der Waals surface area contributed by atoms with Crippen molar-refractivity contribution in [2.24, 2.45) is 5.16 Å². The topological polar surface area (TPSA) is 268 Å². The fourth-order valence-electron chi connectivity index (χ4n) is 3.85. The van der Waals surface area contributed by atoms with E-state index in [0.717, 1.165) is 24.4 Å². The van der Waals surface area contributed by atoms with Gasteiger partial charge in [0, 0.05) is 24.0 Å². The van der Waals surface area contributed by atoms with Crippen molar-refractivity contribution >= 4 is 56.2 Å². The molecule has 2 aliphatic rings. The lowest BCUT2D eigenvalue weighted by molar-refractivity contribution is -0.218. The summed E-state index contributed by atoms with van der Waals surface area (Å²) < 4.78 is 40.8. The second kappa shape index (κ2) is 12.5. The lowest BCUT2D eigenvalue weighted by atomic mass is 9.84. The summed E-state index contributed by atoms with van der Waals surface area (Å²) in [5, 5.41) is 31.7. The Labute approximate surface area is 248 Å². The molecule has 2 aliphatic heterocycles. The zero-order chi connectivity index (χ0) is 31.5. The summed E-state index contributed by atoms with van der Waals surface area (Å²) in [4.78, 5) is 46.5. The van der Waals surface area contributed by atoms with Crippen molar-refractivity contribution in [2.75, 3.05) is 25.4 Å². The van der Waals surface area contributed by atoms with Gasteiger partial charge in [0.05, 0.1) is 11.6 Å². The molecule has 2 saturated heterocycles. The molecule has 8 N–H and O–H groups in total. The number of carbonyl (C=O) groups is 3. The second-order valence-electron chi connectivity index (χ2n) is 9.85. The van der Waals surface area contributed by atoms with Gasteiger partial charge in [-0.15, -0.1) is 15.6 Å². The molecule has 4 rings (SSSR count). The number of rotatable bonds is 13. The molecule has 232 valence electrons. The van der Waals surface area contributed by atoms with Gasteiger partial charge in [0.1, 0.15) is 29.9 Å². The molecule has 2 aromatic rings. The van der Waals surface area contributed by atoms with Crippen molar-refractivity contribution in [3.63, 3.8) is 0 Å². The number of β-lactam (4-membered cyclic amide) rings is 1. The first-order valence-corrected chi connectivity index (χ1v) is 14.7. The predicted molar refractivity (Wildman–Crippen MR) is 150 cm³/mol. The number of nitrogens with zero attached hydrogens (tertiary/aromatic N) is 3. The van der Waals surface area contributed by atoms with Gasteiger partial charge >= 0.3 is 16.4 Å². The van der Waals surface area contributed by atoms with Gasteiger partial charge in [-0.3, -0.25) is 19.6 Å². The number of oxime groups is 1. The van der Waals surface area contributed by atoms with E-state index in [1.54, 1.807) is 24.3 Å². The first-order valence-electron chi connectivity index (χ1n) is 12.4. The van der Waals surface area contributed by atoms with Crippen LogP contribution in [0.15, 0.2) is 34.8 Å². The van der Waals surface area contributed by atoms with Crippen LogP contribution >= 0.6 is 11.3 Å². The van der Waals surface area contributed by atoms with Gasteiger partial charge in [0.15, 0.2) is 10.8 Å². The zero-order valence-electron chi connectivity index (χ0n) is 22.6. The minimum absolute atomic E-state index is 0.0532. The first-order chi connectivity index (χ1) is 20.2. The molecule has 43 heavy (non-hydrogen) atoms. The Morgan fingerprint density at radius 2 is 1.98 bits per heavy atom. The molecule has 2 fully saturated rings. The number of amidine groups is 1. The van der Waals surface area contributed by atoms with E-state index >= 15 is 0 Å². The van der Waals surface area contributed by atoms with Crippen LogP contribution in [0.3, 0.4) is 0 Å². The Kier molecular flexibility index (Phi) is 9.15. The number of anilines is 1. The molecule has 0 saturated carbocycles. The summed E-state index contributed by atoms with van der Waals surface area (Å²) in [5.74, 6) is -2.97.